The highest BCUT2D eigenvalue weighted by Crippen LogP contribution is 2.35. The van der Waals surface area contributed by atoms with Gasteiger partial charge in [0.25, 0.3) is 0 Å². The average molecular weight is 428 g/mol. The second-order valence-corrected chi connectivity index (χ2v) is 9.36. The molecule has 0 fully saturated rings. The fourth-order valence-corrected chi connectivity index (χ4v) is 4.91. The van der Waals surface area contributed by atoms with Crippen LogP contribution in [-0.4, -0.2) is 16.1 Å². The Morgan fingerprint density at radius 3 is 2.74 bits per heavy atom. The van der Waals surface area contributed by atoms with E-state index >= 15 is 0 Å². The highest BCUT2D eigenvalue weighted by atomic mass is 32.2. The summed E-state index contributed by atoms with van der Waals surface area (Å²) in [6, 6.07) is 22.5. The van der Waals surface area contributed by atoms with Gasteiger partial charge in [-0.15, -0.1) is 0 Å². The lowest BCUT2D eigenvalue weighted by Crippen LogP contribution is -2.23. The van der Waals surface area contributed by atoms with Crippen LogP contribution in [0.25, 0.3) is 0 Å². The van der Waals surface area contributed by atoms with E-state index in [1.165, 1.54) is 17.3 Å². The molecule has 1 amide bonds. The number of nitrogens with zero attached hydrogens (tertiary/aromatic N) is 2. The Hall–Kier alpha value is -3.10. The first-order valence-corrected chi connectivity index (χ1v) is 11.4. The van der Waals surface area contributed by atoms with Crippen molar-refractivity contribution in [1.82, 2.24) is 4.98 Å². The zero-order valence-corrected chi connectivity index (χ0v) is 18.6. The predicted molar refractivity (Wildman–Crippen MR) is 125 cm³/mol. The van der Waals surface area contributed by atoms with E-state index in [0.717, 1.165) is 41.8 Å². The molecule has 1 N–H and O–H groups in total. The fourth-order valence-electron chi connectivity index (χ4n) is 4.01. The number of rotatable bonds is 5. The number of benzene rings is 2. The van der Waals surface area contributed by atoms with Gasteiger partial charge >= 0.3 is 0 Å². The Labute approximate surface area is 187 Å². The van der Waals surface area contributed by atoms with E-state index in [1.54, 1.807) is 0 Å². The van der Waals surface area contributed by atoms with Crippen molar-refractivity contribution in [2.45, 2.75) is 49.3 Å². The standard InChI is InChI=1S/C26H25N3OS/c1-17-7-6-10-23(13-17)28-25(30)18(2)31-26-22(16-27)15-21-14-20(11-12-24(21)29-26)19-8-4-3-5-9-19/h3-10,13,15,18,20H,11-12,14H2,1-2H3,(H,28,30). The lowest BCUT2D eigenvalue weighted by molar-refractivity contribution is -0.115. The summed E-state index contributed by atoms with van der Waals surface area (Å²) in [6.45, 7) is 3.84. The number of hydrogen-bond acceptors (Lipinski definition) is 4. The summed E-state index contributed by atoms with van der Waals surface area (Å²) in [4.78, 5) is 17.5. The quantitative estimate of drug-likeness (QED) is 0.534. The molecule has 0 bridgehead atoms. The molecule has 3 aromatic rings. The molecule has 0 radical (unpaired) electrons. The van der Waals surface area contributed by atoms with Crippen molar-refractivity contribution in [3.8, 4) is 6.07 Å². The topological polar surface area (TPSA) is 65.8 Å². The monoisotopic (exact) mass is 427 g/mol. The second kappa shape index (κ2) is 9.36. The van der Waals surface area contributed by atoms with Crippen LogP contribution in [0.2, 0.25) is 0 Å². The van der Waals surface area contributed by atoms with E-state index in [1.807, 2.05) is 50.2 Å². The van der Waals surface area contributed by atoms with Crippen molar-refractivity contribution in [3.63, 3.8) is 0 Å². The van der Waals surface area contributed by atoms with Crippen molar-refractivity contribution < 1.29 is 4.79 Å². The van der Waals surface area contributed by atoms with E-state index in [-0.39, 0.29) is 11.2 Å². The third kappa shape index (κ3) is 4.98. The molecule has 2 atom stereocenters. The van der Waals surface area contributed by atoms with Gasteiger partial charge in [0.2, 0.25) is 5.91 Å². The first-order valence-electron chi connectivity index (χ1n) is 10.6. The summed E-state index contributed by atoms with van der Waals surface area (Å²) in [7, 11) is 0. The van der Waals surface area contributed by atoms with Gasteiger partial charge in [0.15, 0.2) is 0 Å². The molecule has 1 heterocycles. The van der Waals surface area contributed by atoms with Crippen LogP contribution in [0.3, 0.4) is 0 Å². The summed E-state index contributed by atoms with van der Waals surface area (Å²) < 4.78 is 0. The number of aryl methyl sites for hydroxylation is 2. The number of pyridine rings is 1. The van der Waals surface area contributed by atoms with Gasteiger partial charge in [0.05, 0.1) is 10.8 Å². The fraction of sp³-hybridized carbons (Fsp3) is 0.269. The van der Waals surface area contributed by atoms with Crippen LogP contribution in [0.4, 0.5) is 5.69 Å². The summed E-state index contributed by atoms with van der Waals surface area (Å²) >= 11 is 1.35. The molecule has 1 aromatic heterocycles. The molecule has 4 nitrogen and oxygen atoms in total. The highest BCUT2D eigenvalue weighted by Gasteiger charge is 2.24. The summed E-state index contributed by atoms with van der Waals surface area (Å²) in [5.74, 6) is 0.364. The molecule has 31 heavy (non-hydrogen) atoms. The van der Waals surface area contributed by atoms with Crippen LogP contribution < -0.4 is 5.32 Å². The number of carbonyl (C=O) groups is 1. The minimum Gasteiger partial charge on any atom is -0.325 e. The largest absolute Gasteiger partial charge is 0.325 e. The number of nitriles is 1. The summed E-state index contributed by atoms with van der Waals surface area (Å²) in [5, 5.41) is 13.0. The third-order valence-electron chi connectivity index (χ3n) is 5.69. The van der Waals surface area contributed by atoms with Gasteiger partial charge in [-0.3, -0.25) is 4.79 Å². The van der Waals surface area contributed by atoms with E-state index in [2.05, 4.69) is 35.7 Å². The van der Waals surface area contributed by atoms with Crippen LogP contribution in [0, 0.1) is 18.3 Å². The normalized spacial score (nSPS) is 16.1. The van der Waals surface area contributed by atoms with E-state index < -0.39 is 0 Å². The molecule has 2 aromatic carbocycles. The maximum Gasteiger partial charge on any atom is 0.237 e. The zero-order valence-electron chi connectivity index (χ0n) is 17.8. The number of amides is 1. The first kappa shape index (κ1) is 21.1. The molecule has 2 unspecified atom stereocenters. The number of fused-ring (bicyclic) bond motifs is 1. The minimum absolute atomic E-state index is 0.0943. The number of anilines is 1. The van der Waals surface area contributed by atoms with Gasteiger partial charge in [-0.2, -0.15) is 5.26 Å². The average Bonchev–Trinajstić information content (AvgIpc) is 2.78. The van der Waals surface area contributed by atoms with Crippen molar-refractivity contribution in [3.05, 3.63) is 88.6 Å². The molecule has 0 aliphatic heterocycles. The van der Waals surface area contributed by atoms with E-state index in [0.29, 0.717) is 16.5 Å². The van der Waals surface area contributed by atoms with Crippen molar-refractivity contribution in [2.24, 2.45) is 0 Å². The van der Waals surface area contributed by atoms with Gasteiger partial charge in [-0.25, -0.2) is 4.98 Å². The number of nitrogens with one attached hydrogen (secondary N) is 1. The summed E-state index contributed by atoms with van der Waals surface area (Å²) in [6.07, 6.45) is 2.83. The third-order valence-corrected chi connectivity index (χ3v) is 6.79. The lowest BCUT2D eigenvalue weighted by Gasteiger charge is -2.25. The maximum absolute atomic E-state index is 12.7. The van der Waals surface area contributed by atoms with Crippen LogP contribution in [0.5, 0.6) is 0 Å². The van der Waals surface area contributed by atoms with Crippen LogP contribution >= 0.6 is 11.8 Å². The lowest BCUT2D eigenvalue weighted by atomic mass is 9.82. The van der Waals surface area contributed by atoms with Crippen LogP contribution in [0.1, 0.15) is 47.2 Å². The Kier molecular flexibility index (Phi) is 6.39. The number of aromatic nitrogens is 1. The van der Waals surface area contributed by atoms with Gasteiger partial charge < -0.3 is 5.32 Å². The first-order chi connectivity index (χ1) is 15.0. The number of thioether (sulfide) groups is 1. The van der Waals surface area contributed by atoms with Crippen molar-refractivity contribution >= 4 is 23.4 Å². The van der Waals surface area contributed by atoms with Crippen molar-refractivity contribution in [1.29, 1.82) is 5.26 Å². The molecular formula is C26H25N3OS. The molecule has 1 aliphatic carbocycles. The van der Waals surface area contributed by atoms with E-state index in [4.69, 9.17) is 4.98 Å². The molecular weight excluding hydrogens is 402 g/mol. The number of hydrogen-bond donors (Lipinski definition) is 1. The molecule has 156 valence electrons. The SMILES string of the molecule is Cc1cccc(NC(=O)C(C)Sc2nc3c(cc2C#N)CC(c2ccccc2)CC3)c1. The zero-order chi connectivity index (χ0) is 21.8. The molecule has 4 rings (SSSR count). The van der Waals surface area contributed by atoms with Gasteiger partial charge in [0.1, 0.15) is 11.1 Å². The van der Waals surface area contributed by atoms with Crippen LogP contribution in [-0.2, 0) is 17.6 Å². The summed E-state index contributed by atoms with van der Waals surface area (Å²) in [5.41, 5.74) is 5.97. The van der Waals surface area contributed by atoms with Crippen molar-refractivity contribution in [2.75, 3.05) is 5.32 Å². The number of carbonyl (C=O) groups excluding carboxylic acids is 1. The predicted octanol–water partition coefficient (Wildman–Crippen LogP) is 5.65. The van der Waals surface area contributed by atoms with Crippen LogP contribution in [0.15, 0.2) is 65.7 Å². The Morgan fingerprint density at radius 1 is 1.19 bits per heavy atom. The minimum atomic E-state index is -0.362. The Bertz CT molecular complexity index is 1140. The Morgan fingerprint density at radius 2 is 2.00 bits per heavy atom. The molecule has 0 saturated carbocycles. The van der Waals surface area contributed by atoms with E-state index in [9.17, 15) is 10.1 Å². The Balaban J connectivity index is 1.49. The van der Waals surface area contributed by atoms with Gasteiger partial charge in [-0.1, -0.05) is 54.2 Å². The smallest absolute Gasteiger partial charge is 0.237 e. The molecule has 1 aliphatic rings. The molecule has 0 saturated heterocycles. The van der Waals surface area contributed by atoms with Gasteiger partial charge in [-0.05, 0) is 73.9 Å². The highest BCUT2D eigenvalue weighted by molar-refractivity contribution is 8.00. The molecule has 5 heteroatoms. The molecule has 0 spiro atoms. The van der Waals surface area contributed by atoms with Gasteiger partial charge in [0, 0.05) is 11.4 Å². The maximum atomic E-state index is 12.7. The second-order valence-electron chi connectivity index (χ2n) is 8.03.